The Labute approximate surface area is 96.6 Å². The maximum Gasteiger partial charge on any atom is 0.249 e. The van der Waals surface area contributed by atoms with Crippen molar-refractivity contribution in [3.05, 3.63) is 0 Å². The minimum absolute atomic E-state index is 0.131. The Morgan fingerprint density at radius 2 is 1.69 bits per heavy atom. The number of carbonyl (C=O) groups is 1. The van der Waals surface area contributed by atoms with E-state index in [1.165, 1.54) is 19.3 Å². The monoisotopic (exact) mass is 223 g/mol. The highest BCUT2D eigenvalue weighted by atomic mass is 16.5. The molecule has 0 radical (unpaired) electrons. The molecule has 1 amide bonds. The number of hydrogen-bond acceptors (Lipinski definition) is 2. The lowest BCUT2D eigenvalue weighted by molar-refractivity contribution is -0.177. The number of nitrogens with one attached hydrogen (secondary N) is 1. The van der Waals surface area contributed by atoms with Crippen molar-refractivity contribution in [1.82, 2.24) is 5.48 Å². The molecule has 2 unspecified atom stereocenters. The van der Waals surface area contributed by atoms with E-state index >= 15 is 0 Å². The SMILES string of the molecule is C[C@]12CC3CC(C(=O)NO)(C1)C[C@@](C)(C3)C2. The predicted molar refractivity (Wildman–Crippen MR) is 59.8 cm³/mol. The number of rotatable bonds is 1. The van der Waals surface area contributed by atoms with Crippen molar-refractivity contribution in [2.45, 2.75) is 52.4 Å². The van der Waals surface area contributed by atoms with Gasteiger partial charge < -0.3 is 0 Å². The van der Waals surface area contributed by atoms with Crippen LogP contribution in [-0.4, -0.2) is 11.1 Å². The summed E-state index contributed by atoms with van der Waals surface area (Å²) in [6.45, 7) is 4.66. The summed E-state index contributed by atoms with van der Waals surface area (Å²) in [5.41, 5.74) is 2.32. The molecule has 4 rings (SSSR count). The van der Waals surface area contributed by atoms with Crippen LogP contribution in [0.1, 0.15) is 52.4 Å². The van der Waals surface area contributed by atoms with Gasteiger partial charge in [-0.05, 0) is 55.3 Å². The van der Waals surface area contributed by atoms with E-state index in [0.717, 1.165) is 19.3 Å². The molecule has 4 atom stereocenters. The highest BCUT2D eigenvalue weighted by molar-refractivity contribution is 5.82. The fourth-order valence-electron chi connectivity index (χ4n) is 5.82. The van der Waals surface area contributed by atoms with Crippen LogP contribution in [-0.2, 0) is 4.79 Å². The summed E-state index contributed by atoms with van der Waals surface area (Å²) in [4.78, 5) is 12.0. The van der Waals surface area contributed by atoms with Crippen LogP contribution >= 0.6 is 0 Å². The molecular formula is C13H21NO2. The highest BCUT2D eigenvalue weighted by Gasteiger charge is 2.62. The molecule has 3 heteroatoms. The Morgan fingerprint density at radius 1 is 1.12 bits per heavy atom. The van der Waals surface area contributed by atoms with E-state index < -0.39 is 0 Å². The number of hydrogen-bond donors (Lipinski definition) is 2. The van der Waals surface area contributed by atoms with Gasteiger partial charge in [0.25, 0.3) is 0 Å². The zero-order chi connectivity index (χ0) is 11.6. The van der Waals surface area contributed by atoms with Crippen molar-refractivity contribution in [3.63, 3.8) is 0 Å². The van der Waals surface area contributed by atoms with Crippen molar-refractivity contribution >= 4 is 5.91 Å². The molecule has 0 spiro atoms. The molecule has 16 heavy (non-hydrogen) atoms. The second kappa shape index (κ2) is 2.81. The molecule has 0 aromatic carbocycles. The van der Waals surface area contributed by atoms with Crippen LogP contribution in [0, 0.1) is 22.2 Å². The van der Waals surface area contributed by atoms with E-state index in [1.807, 2.05) is 5.48 Å². The average molecular weight is 223 g/mol. The number of amides is 1. The lowest BCUT2D eigenvalue weighted by Gasteiger charge is -2.64. The third kappa shape index (κ3) is 1.27. The van der Waals surface area contributed by atoms with Crippen molar-refractivity contribution in [3.8, 4) is 0 Å². The molecule has 0 heterocycles. The van der Waals surface area contributed by atoms with Crippen LogP contribution in [0.3, 0.4) is 0 Å². The predicted octanol–water partition coefficient (Wildman–Crippen LogP) is 2.49. The minimum Gasteiger partial charge on any atom is -0.289 e. The largest absolute Gasteiger partial charge is 0.289 e. The summed E-state index contributed by atoms with van der Waals surface area (Å²) in [6, 6.07) is 0. The Morgan fingerprint density at radius 3 is 2.12 bits per heavy atom. The molecule has 90 valence electrons. The summed E-state index contributed by atoms with van der Waals surface area (Å²) < 4.78 is 0. The lowest BCUT2D eigenvalue weighted by Crippen LogP contribution is -2.59. The Bertz CT molecular complexity index is 334. The molecule has 4 fully saturated rings. The van der Waals surface area contributed by atoms with Crippen LogP contribution < -0.4 is 5.48 Å². The van der Waals surface area contributed by atoms with Crippen LogP contribution in [0.15, 0.2) is 0 Å². The van der Waals surface area contributed by atoms with Crippen molar-refractivity contribution in [1.29, 1.82) is 0 Å². The van der Waals surface area contributed by atoms with Crippen molar-refractivity contribution in [2.75, 3.05) is 0 Å². The van der Waals surface area contributed by atoms with Crippen molar-refractivity contribution in [2.24, 2.45) is 22.2 Å². The molecule has 3 nitrogen and oxygen atoms in total. The summed E-state index contributed by atoms with van der Waals surface area (Å²) in [5, 5.41) is 8.96. The fourth-order valence-corrected chi connectivity index (χ4v) is 5.82. The average Bonchev–Trinajstić information content (AvgIpc) is 2.10. The first-order chi connectivity index (χ1) is 7.39. The van der Waals surface area contributed by atoms with Crippen LogP contribution in [0.2, 0.25) is 0 Å². The molecule has 0 saturated heterocycles. The normalized spacial score (nSPS) is 54.1. The smallest absolute Gasteiger partial charge is 0.249 e. The zero-order valence-corrected chi connectivity index (χ0v) is 10.2. The zero-order valence-electron chi connectivity index (χ0n) is 10.2. The van der Waals surface area contributed by atoms with Gasteiger partial charge in [0, 0.05) is 0 Å². The highest BCUT2D eigenvalue weighted by Crippen LogP contribution is 2.69. The van der Waals surface area contributed by atoms with E-state index in [4.69, 9.17) is 5.21 Å². The van der Waals surface area contributed by atoms with E-state index in [0.29, 0.717) is 16.7 Å². The Kier molecular flexibility index (Phi) is 1.86. The van der Waals surface area contributed by atoms with E-state index in [2.05, 4.69) is 13.8 Å². The number of carbonyl (C=O) groups excluding carboxylic acids is 1. The standard InChI is InChI=1S/C13H21NO2/c1-11-3-9-4-12(2,6-11)8-13(5-9,7-11)10(15)14-16/h9,16H,3-8H2,1-2H3,(H,14,15)/t9?,11-,12+,13?. The first-order valence-electron chi connectivity index (χ1n) is 6.33. The fraction of sp³-hybridized carbons (Fsp3) is 0.923. The molecule has 4 bridgehead atoms. The van der Waals surface area contributed by atoms with Crippen LogP contribution in [0.25, 0.3) is 0 Å². The van der Waals surface area contributed by atoms with E-state index in [-0.39, 0.29) is 11.3 Å². The first-order valence-corrected chi connectivity index (χ1v) is 6.33. The summed E-state index contributed by atoms with van der Waals surface area (Å²) >= 11 is 0. The minimum atomic E-state index is -0.266. The molecule has 4 saturated carbocycles. The second-order valence-corrected chi connectivity index (χ2v) is 7.35. The second-order valence-electron chi connectivity index (χ2n) is 7.35. The van der Waals surface area contributed by atoms with Gasteiger partial charge in [0.15, 0.2) is 0 Å². The molecule has 4 aliphatic rings. The molecule has 0 aromatic rings. The van der Waals surface area contributed by atoms with E-state index in [9.17, 15) is 4.79 Å². The molecule has 0 aliphatic heterocycles. The Hall–Kier alpha value is -0.570. The molecule has 4 aliphatic carbocycles. The van der Waals surface area contributed by atoms with Crippen molar-refractivity contribution < 1.29 is 10.0 Å². The third-order valence-corrected chi connectivity index (χ3v) is 5.21. The maximum atomic E-state index is 12.0. The Balaban J connectivity index is 2.01. The summed E-state index contributed by atoms with van der Waals surface area (Å²) in [5.74, 6) is 0.567. The maximum absolute atomic E-state index is 12.0. The number of hydroxylamine groups is 1. The quantitative estimate of drug-likeness (QED) is 0.530. The molecule has 0 aromatic heterocycles. The summed E-state index contributed by atoms with van der Waals surface area (Å²) in [6.07, 6.45) is 6.75. The van der Waals surface area contributed by atoms with Gasteiger partial charge in [-0.3, -0.25) is 10.0 Å². The summed E-state index contributed by atoms with van der Waals surface area (Å²) in [7, 11) is 0. The van der Waals surface area contributed by atoms with Crippen LogP contribution in [0.4, 0.5) is 0 Å². The van der Waals surface area contributed by atoms with Gasteiger partial charge in [-0.25, -0.2) is 5.48 Å². The van der Waals surface area contributed by atoms with E-state index in [1.54, 1.807) is 0 Å². The van der Waals surface area contributed by atoms with Gasteiger partial charge in [0.1, 0.15) is 0 Å². The molecule has 2 N–H and O–H groups in total. The van der Waals surface area contributed by atoms with Gasteiger partial charge in [-0.2, -0.15) is 0 Å². The lowest BCUT2D eigenvalue weighted by atomic mass is 9.40. The van der Waals surface area contributed by atoms with Gasteiger partial charge in [0.2, 0.25) is 5.91 Å². The first kappa shape index (κ1) is 10.6. The van der Waals surface area contributed by atoms with Gasteiger partial charge >= 0.3 is 0 Å². The van der Waals surface area contributed by atoms with Gasteiger partial charge in [-0.15, -0.1) is 0 Å². The third-order valence-electron chi connectivity index (χ3n) is 5.21. The molecular weight excluding hydrogens is 202 g/mol. The van der Waals surface area contributed by atoms with Gasteiger partial charge in [0.05, 0.1) is 5.41 Å². The van der Waals surface area contributed by atoms with Gasteiger partial charge in [-0.1, -0.05) is 13.8 Å². The van der Waals surface area contributed by atoms with Crippen LogP contribution in [0.5, 0.6) is 0 Å². The topological polar surface area (TPSA) is 49.3 Å².